The Morgan fingerprint density at radius 1 is 1.16 bits per heavy atom. The summed E-state index contributed by atoms with van der Waals surface area (Å²) in [5.74, 6) is 0.152. The molecule has 0 aliphatic carbocycles. The molecule has 3 amide bonds. The lowest BCUT2D eigenvalue weighted by Gasteiger charge is -2.35. The first-order chi connectivity index (χ1) is 15.5. The molecular formula is C22H30N4O6. The SMILES string of the molecule is CC(NC(=O)C1CC(=O)N(c2ccc3c(c2)OCCO3)C1)C(=O)N1CCN(CCO)CC1. The van der Waals surface area contributed by atoms with E-state index in [4.69, 9.17) is 14.6 Å². The molecule has 174 valence electrons. The molecule has 2 fully saturated rings. The van der Waals surface area contributed by atoms with Gasteiger partial charge in [0.05, 0.1) is 12.5 Å². The molecule has 3 aliphatic rings. The molecule has 2 unspecified atom stereocenters. The standard InChI is InChI=1S/C22H30N4O6/c1-15(22(30)25-6-4-24(5-7-25)8-9-27)23-21(29)16-12-20(28)26(14-16)17-2-3-18-19(13-17)32-11-10-31-18/h2-3,13,15-16,27H,4-12,14H2,1H3,(H,23,29). The van der Waals surface area contributed by atoms with Crippen molar-refractivity contribution in [3.05, 3.63) is 18.2 Å². The number of aliphatic hydroxyl groups excluding tert-OH is 1. The summed E-state index contributed by atoms with van der Waals surface area (Å²) in [6, 6.07) is 4.65. The molecule has 0 spiro atoms. The van der Waals surface area contributed by atoms with E-state index in [1.54, 1.807) is 34.9 Å². The van der Waals surface area contributed by atoms with Crippen LogP contribution in [-0.4, -0.2) is 97.8 Å². The monoisotopic (exact) mass is 446 g/mol. The molecule has 4 rings (SSSR count). The van der Waals surface area contributed by atoms with E-state index in [1.807, 2.05) is 0 Å². The van der Waals surface area contributed by atoms with Gasteiger partial charge in [0.25, 0.3) is 0 Å². The number of hydrogen-bond donors (Lipinski definition) is 2. The predicted molar refractivity (Wildman–Crippen MR) is 116 cm³/mol. The van der Waals surface area contributed by atoms with Gasteiger partial charge in [-0.1, -0.05) is 0 Å². The summed E-state index contributed by atoms with van der Waals surface area (Å²) in [5.41, 5.74) is 0.666. The maximum Gasteiger partial charge on any atom is 0.244 e. The van der Waals surface area contributed by atoms with Crippen LogP contribution in [0.2, 0.25) is 0 Å². The minimum atomic E-state index is -0.662. The predicted octanol–water partition coefficient (Wildman–Crippen LogP) is -0.548. The third-order valence-electron chi connectivity index (χ3n) is 6.16. The van der Waals surface area contributed by atoms with E-state index in [-0.39, 0.29) is 37.3 Å². The van der Waals surface area contributed by atoms with Gasteiger partial charge in [-0.15, -0.1) is 0 Å². The summed E-state index contributed by atoms with van der Waals surface area (Å²) < 4.78 is 11.1. The second-order valence-electron chi connectivity index (χ2n) is 8.35. The average Bonchev–Trinajstić information content (AvgIpc) is 3.20. The fourth-order valence-corrected chi connectivity index (χ4v) is 4.33. The number of aliphatic hydroxyl groups is 1. The maximum absolute atomic E-state index is 12.8. The molecule has 3 aliphatic heterocycles. The maximum atomic E-state index is 12.8. The Bertz CT molecular complexity index is 870. The summed E-state index contributed by atoms with van der Waals surface area (Å²) in [7, 11) is 0. The number of hydrogen-bond acceptors (Lipinski definition) is 7. The third-order valence-corrected chi connectivity index (χ3v) is 6.16. The van der Waals surface area contributed by atoms with Crippen LogP contribution >= 0.6 is 0 Å². The number of anilines is 1. The number of piperazine rings is 1. The molecule has 0 saturated carbocycles. The summed E-state index contributed by atoms with van der Waals surface area (Å²) in [4.78, 5) is 43.5. The highest BCUT2D eigenvalue weighted by Gasteiger charge is 2.37. The highest BCUT2D eigenvalue weighted by Crippen LogP contribution is 2.36. The highest BCUT2D eigenvalue weighted by molar-refractivity contribution is 6.01. The van der Waals surface area contributed by atoms with E-state index < -0.39 is 12.0 Å². The van der Waals surface area contributed by atoms with Crippen LogP contribution in [-0.2, 0) is 14.4 Å². The molecule has 1 aromatic carbocycles. The topological polar surface area (TPSA) is 112 Å². The number of amides is 3. The molecule has 1 aromatic rings. The molecule has 0 radical (unpaired) electrons. The van der Waals surface area contributed by atoms with Crippen LogP contribution in [0.15, 0.2) is 18.2 Å². The van der Waals surface area contributed by atoms with Gasteiger partial charge in [0.2, 0.25) is 17.7 Å². The van der Waals surface area contributed by atoms with Crippen molar-refractivity contribution in [2.45, 2.75) is 19.4 Å². The van der Waals surface area contributed by atoms with Crippen molar-refractivity contribution >= 4 is 23.4 Å². The summed E-state index contributed by atoms with van der Waals surface area (Å²) in [5, 5.41) is 11.8. The van der Waals surface area contributed by atoms with E-state index in [9.17, 15) is 14.4 Å². The first-order valence-electron chi connectivity index (χ1n) is 11.1. The fourth-order valence-electron chi connectivity index (χ4n) is 4.33. The fraction of sp³-hybridized carbons (Fsp3) is 0.591. The van der Waals surface area contributed by atoms with Gasteiger partial charge in [-0.25, -0.2) is 0 Å². The van der Waals surface area contributed by atoms with Crippen molar-refractivity contribution in [1.29, 1.82) is 0 Å². The quantitative estimate of drug-likeness (QED) is 0.603. The minimum Gasteiger partial charge on any atom is -0.486 e. The van der Waals surface area contributed by atoms with Gasteiger partial charge in [-0.3, -0.25) is 19.3 Å². The van der Waals surface area contributed by atoms with Crippen molar-refractivity contribution in [3.8, 4) is 11.5 Å². The first kappa shape index (κ1) is 22.3. The molecule has 3 heterocycles. The zero-order chi connectivity index (χ0) is 22.7. The Balaban J connectivity index is 1.31. The summed E-state index contributed by atoms with van der Waals surface area (Å²) >= 11 is 0. The molecule has 32 heavy (non-hydrogen) atoms. The van der Waals surface area contributed by atoms with E-state index in [0.29, 0.717) is 63.1 Å². The molecule has 2 saturated heterocycles. The van der Waals surface area contributed by atoms with Crippen LogP contribution in [0, 0.1) is 5.92 Å². The number of ether oxygens (including phenoxy) is 2. The van der Waals surface area contributed by atoms with Gasteiger partial charge >= 0.3 is 0 Å². The lowest BCUT2D eigenvalue weighted by atomic mass is 10.1. The van der Waals surface area contributed by atoms with E-state index in [1.165, 1.54) is 0 Å². The van der Waals surface area contributed by atoms with Gasteiger partial charge in [0, 0.05) is 57.4 Å². The zero-order valence-electron chi connectivity index (χ0n) is 18.3. The zero-order valence-corrected chi connectivity index (χ0v) is 18.3. The van der Waals surface area contributed by atoms with Gasteiger partial charge < -0.3 is 29.7 Å². The number of fused-ring (bicyclic) bond motifs is 1. The van der Waals surface area contributed by atoms with E-state index in [0.717, 1.165) is 0 Å². The molecule has 10 heteroatoms. The number of carbonyl (C=O) groups is 3. The number of benzene rings is 1. The number of β-amino-alcohol motifs (C(OH)–C–C–N with tert-alkyl or cyclic N) is 1. The van der Waals surface area contributed by atoms with Crippen molar-refractivity contribution in [2.24, 2.45) is 5.92 Å². The molecule has 2 N–H and O–H groups in total. The smallest absolute Gasteiger partial charge is 0.244 e. The van der Waals surface area contributed by atoms with E-state index >= 15 is 0 Å². The summed E-state index contributed by atoms with van der Waals surface area (Å²) in [6.07, 6.45) is 0.0982. The second kappa shape index (κ2) is 9.74. The number of carbonyl (C=O) groups excluding carboxylic acids is 3. The van der Waals surface area contributed by atoms with Crippen molar-refractivity contribution in [1.82, 2.24) is 15.1 Å². The normalized spacial score (nSPS) is 22.1. The second-order valence-corrected chi connectivity index (χ2v) is 8.35. The van der Waals surface area contributed by atoms with Crippen LogP contribution < -0.4 is 19.7 Å². The number of nitrogens with zero attached hydrogens (tertiary/aromatic N) is 3. The Kier molecular flexibility index (Phi) is 6.80. The number of rotatable bonds is 6. The van der Waals surface area contributed by atoms with Crippen LogP contribution in [0.1, 0.15) is 13.3 Å². The molecule has 0 aromatic heterocycles. The Hall–Kier alpha value is -2.85. The summed E-state index contributed by atoms with van der Waals surface area (Å²) in [6.45, 7) is 6.12. The number of nitrogens with one attached hydrogen (secondary N) is 1. The van der Waals surface area contributed by atoms with E-state index in [2.05, 4.69) is 10.2 Å². The largest absolute Gasteiger partial charge is 0.486 e. The Morgan fingerprint density at radius 3 is 2.59 bits per heavy atom. The van der Waals surface area contributed by atoms with Gasteiger partial charge in [0.1, 0.15) is 19.3 Å². The van der Waals surface area contributed by atoms with Crippen molar-refractivity contribution in [3.63, 3.8) is 0 Å². The Morgan fingerprint density at radius 2 is 1.88 bits per heavy atom. The van der Waals surface area contributed by atoms with Gasteiger partial charge in [-0.05, 0) is 19.1 Å². The Labute approximate surface area is 187 Å². The van der Waals surface area contributed by atoms with Gasteiger partial charge in [-0.2, -0.15) is 0 Å². The van der Waals surface area contributed by atoms with Crippen molar-refractivity contribution < 1.29 is 29.0 Å². The van der Waals surface area contributed by atoms with Crippen LogP contribution in [0.25, 0.3) is 0 Å². The first-order valence-corrected chi connectivity index (χ1v) is 11.1. The minimum absolute atomic E-state index is 0.0982. The molecule has 10 nitrogen and oxygen atoms in total. The van der Waals surface area contributed by atoms with Crippen molar-refractivity contribution in [2.75, 3.05) is 64.0 Å². The molecular weight excluding hydrogens is 416 g/mol. The lowest BCUT2D eigenvalue weighted by molar-refractivity contribution is -0.138. The van der Waals surface area contributed by atoms with Gasteiger partial charge in [0.15, 0.2) is 11.5 Å². The van der Waals surface area contributed by atoms with Crippen LogP contribution in [0.5, 0.6) is 11.5 Å². The third kappa shape index (κ3) is 4.81. The average molecular weight is 447 g/mol. The molecule has 0 bridgehead atoms. The molecule has 2 atom stereocenters. The highest BCUT2D eigenvalue weighted by atomic mass is 16.6. The lowest BCUT2D eigenvalue weighted by Crippen LogP contribution is -2.55. The van der Waals surface area contributed by atoms with Crippen LogP contribution in [0.4, 0.5) is 5.69 Å². The van der Waals surface area contributed by atoms with Crippen LogP contribution in [0.3, 0.4) is 0 Å².